The van der Waals surface area contributed by atoms with Gasteiger partial charge in [-0.1, -0.05) is 146 Å². The number of guanidine groups is 3. The second-order valence-electron chi connectivity index (χ2n) is 37.7. The van der Waals surface area contributed by atoms with Crippen LogP contribution in [0.3, 0.4) is 0 Å². The number of para-hydroxylation sites is 4. The Morgan fingerprint density at radius 1 is 0.576 bits per heavy atom. The predicted molar refractivity (Wildman–Crippen MR) is 535 cm³/mol. The lowest BCUT2D eigenvalue weighted by Gasteiger charge is -2.38. The molecular weight excluding hydrogens is 1760 g/mol. The van der Waals surface area contributed by atoms with Crippen molar-refractivity contribution in [2.75, 3.05) is 70.4 Å². The molecule has 4 fully saturated rings. The number of likely N-dealkylation sites (N-methyl/N-ethyl adjacent to an activating group) is 2. The number of nitrogens with two attached hydrogens (primary N) is 2. The highest BCUT2D eigenvalue weighted by Crippen LogP contribution is 2.46. The van der Waals surface area contributed by atoms with Gasteiger partial charge in [0.2, 0.25) is 29.3 Å². The van der Waals surface area contributed by atoms with Crippen LogP contribution in [0.25, 0.3) is 11.4 Å². The Hall–Kier alpha value is -14.8. The molecule has 0 bridgehead atoms. The SMILES string of the molecule is C=C(C)c1ccc(CCN/C(Nc2ccccc2)=c2/c(=O)n(C)c3n(c2=N)[C@H]2CCC[C@H]2N=3)cc1.CC(=O)c1ccc(CCNC2=C(C(N)=Nc3ccccc3)C(=O)N(C)C3=N[C@@H]4CCC[C@@H]4N32)cc1.CC(CN(C)C)Cn1nc(Nc2ccccc2)c2c1N1C(=N[C@@H]3CCC[C@@H]31)N(C)C2=O.CN1C(=O)C(C(N)=Nc2ccccc2)=C(NCc2ccc(C(=O)C(C)(F)F)c(F)c2)N2C1=N[C@@H]1CCC[C@@H]12. The zero-order valence-corrected chi connectivity index (χ0v) is 80.1. The summed E-state index contributed by atoms with van der Waals surface area (Å²) in [5, 5.41) is 31.3. The van der Waals surface area contributed by atoms with Gasteiger partial charge in [-0.25, -0.2) is 39.0 Å². The number of halogens is 3. The summed E-state index contributed by atoms with van der Waals surface area (Å²) < 4.78 is 47.1. The van der Waals surface area contributed by atoms with Crippen molar-refractivity contribution in [1.82, 2.24) is 64.3 Å². The number of carbonyl (C=O) groups is 5. The Labute approximate surface area is 805 Å². The number of carbonyl (C=O) groups excluding carboxylic acids is 5. The highest BCUT2D eigenvalue weighted by molar-refractivity contribution is 6.27. The Bertz CT molecular complexity index is 6730. The number of anilines is 4. The molecule has 722 valence electrons. The van der Waals surface area contributed by atoms with Gasteiger partial charge >= 0.3 is 5.92 Å². The standard InChI is InChI=1S/C28H32N6O.C27H27F3N6O2.C27H30N6O2.C23H31N7O/c1-18(2)20-14-12-19(13-15-20)16-17-30-26(31-21-8-5-4-6-9-21)24-25(29)34-23-11-7-10-22(23)32-28(34)33(3)27(24)35;1-27(29,30)22(37)17-12-11-15(13-18(17)28)14-32-24-21(23(31)33-16-7-4-3-5-8-16)25(38)35(2)26-34-19-9-6-10-20(19)36(24)26;1-17(34)19-13-11-18(12-14-19)15-16-29-25-23(24(28)30-20-7-4-3-5-8-20)26(35)32(2)27-31-21-9-6-10-22(21)33(25)27;1-15(13-27(2)3)14-29-21-19(20(26-29)24-16-9-6-5-7-10-16)22(31)28(4)23-25-17-11-8-12-18(17)30(21)23/h4-6,8-9,12-15,22-23,29-31H,1,7,10-11,16-17H2,2-3H3;3-5,7-8,11-13,19-20,32H,6,9-10,14H2,1-2H3,(H2,31,33);3-5,7-8,11-14,21-22,29H,6,9-10,15-16H2,1-2H3,(H2,28,30);5-7,9-10,15,17-18H,8,11-14H2,1-4H3,(H,24,26)/b26-24-,29-25?;;;/t22-,23+;19-,20+;21-,22+;15?,17-,18+/m1111/s1. The molecule has 0 spiro atoms. The first kappa shape index (κ1) is 95.9. The maximum Gasteiger partial charge on any atom is 0.307 e. The lowest BCUT2D eigenvalue weighted by atomic mass is 10.0. The van der Waals surface area contributed by atoms with Crippen LogP contribution >= 0.6 is 0 Å². The summed E-state index contributed by atoms with van der Waals surface area (Å²) in [5.41, 5.74) is 22.6. The van der Waals surface area contributed by atoms with E-state index in [1.807, 2.05) is 149 Å². The number of alkyl halides is 2. The molecule has 3 amide bonds. The topological polar surface area (TPSA) is 363 Å². The van der Waals surface area contributed by atoms with Gasteiger partial charge in [-0.05, 0) is 207 Å². The molecule has 9 aromatic rings. The smallest absolute Gasteiger partial charge is 0.307 e. The van der Waals surface area contributed by atoms with Crippen molar-refractivity contribution in [3.63, 3.8) is 0 Å². The molecule has 2 aromatic heterocycles. The molecular formula is C105H120F3N25O6. The van der Waals surface area contributed by atoms with Crippen LogP contribution in [0.15, 0.2) is 252 Å². The minimum Gasteiger partial charge on any atom is -0.383 e. The molecule has 34 heteroatoms. The van der Waals surface area contributed by atoms with Crippen molar-refractivity contribution < 1.29 is 37.1 Å². The Morgan fingerprint density at radius 2 is 1.04 bits per heavy atom. The van der Waals surface area contributed by atoms with Gasteiger partial charge in [-0.15, -0.1) is 0 Å². The number of fused-ring (bicyclic) bond motifs is 14. The van der Waals surface area contributed by atoms with E-state index in [-0.39, 0.29) is 94.7 Å². The van der Waals surface area contributed by atoms with Crippen LogP contribution in [0.2, 0.25) is 0 Å². The number of rotatable bonds is 27. The maximum atomic E-state index is 14.6. The van der Waals surface area contributed by atoms with Gasteiger partial charge in [0.05, 0.1) is 65.3 Å². The molecule has 1 unspecified atom stereocenters. The third-order valence-corrected chi connectivity index (χ3v) is 27.3. The van der Waals surface area contributed by atoms with Crippen LogP contribution in [0.5, 0.6) is 0 Å². The van der Waals surface area contributed by atoms with Crippen LogP contribution in [0, 0.1) is 17.1 Å². The van der Waals surface area contributed by atoms with E-state index in [0.29, 0.717) is 112 Å². The van der Waals surface area contributed by atoms with Crippen molar-refractivity contribution in [2.24, 2.45) is 54.4 Å². The molecule has 11 aliphatic rings. The average molecular weight is 1890 g/mol. The number of hydrogen-bond acceptors (Lipinski definition) is 23. The number of hydrogen-bond donors (Lipinski definition) is 8. The highest BCUT2D eigenvalue weighted by Gasteiger charge is 2.53. The molecule has 20 rings (SSSR count). The first-order valence-electron chi connectivity index (χ1n) is 47.8. The first-order chi connectivity index (χ1) is 66.9. The number of Topliss-reactive ketones (excluding diaryl/α,β-unsaturated/α-hetero) is 2. The van der Waals surface area contributed by atoms with E-state index in [2.05, 4.69) is 103 Å². The minimum absolute atomic E-state index is 0.00773. The van der Waals surface area contributed by atoms with Gasteiger partial charge in [-0.3, -0.25) is 72.7 Å². The summed E-state index contributed by atoms with van der Waals surface area (Å²) in [6.07, 6.45) is 13.9. The van der Waals surface area contributed by atoms with E-state index in [4.69, 9.17) is 41.9 Å². The molecule has 7 aromatic carbocycles. The number of nitrogens with zero attached hydrogens (tertiary/aromatic N) is 17. The number of amidine groups is 2. The third kappa shape index (κ3) is 19.9. The van der Waals surface area contributed by atoms with Gasteiger partial charge in [0.15, 0.2) is 11.6 Å². The number of allylic oxidation sites excluding steroid dienone is 1. The molecule has 4 aliphatic carbocycles. The fourth-order valence-electron chi connectivity index (χ4n) is 20.5. The van der Waals surface area contributed by atoms with E-state index in [1.54, 1.807) is 66.7 Å². The van der Waals surface area contributed by atoms with Gasteiger partial charge in [0.1, 0.15) is 68.2 Å². The lowest BCUT2D eigenvalue weighted by molar-refractivity contribution is -0.124. The van der Waals surface area contributed by atoms with E-state index in [1.165, 1.54) is 23.0 Å². The fraction of sp³-hybridized carbons (Fsp3) is 0.371. The maximum absolute atomic E-state index is 14.6. The average Bonchev–Trinajstić information content (AvgIpc) is 1.54. The van der Waals surface area contributed by atoms with E-state index in [9.17, 15) is 41.9 Å². The van der Waals surface area contributed by atoms with Crippen molar-refractivity contribution in [2.45, 2.75) is 185 Å². The zero-order chi connectivity index (χ0) is 97.9. The summed E-state index contributed by atoms with van der Waals surface area (Å²) in [6, 6.07) is 58.9. The van der Waals surface area contributed by atoms with E-state index < -0.39 is 29.0 Å². The van der Waals surface area contributed by atoms with Crippen LogP contribution < -0.4 is 64.8 Å². The monoisotopic (exact) mass is 1880 g/mol. The fourth-order valence-corrected chi connectivity index (χ4v) is 20.5. The van der Waals surface area contributed by atoms with Gasteiger partial charge in [0.25, 0.3) is 23.3 Å². The second-order valence-corrected chi connectivity index (χ2v) is 37.7. The van der Waals surface area contributed by atoms with Crippen LogP contribution in [0.4, 0.5) is 47.6 Å². The largest absolute Gasteiger partial charge is 0.383 e. The molecule has 9 atom stereocenters. The molecule has 0 radical (unpaired) electrons. The summed E-state index contributed by atoms with van der Waals surface area (Å²) >= 11 is 0. The van der Waals surface area contributed by atoms with Gasteiger partial charge in [-0.2, -0.15) is 13.9 Å². The molecule has 4 saturated carbocycles. The molecule has 0 saturated heterocycles. The summed E-state index contributed by atoms with van der Waals surface area (Å²) in [7, 11) is 11.1. The quantitative estimate of drug-likeness (QED) is 0.0135. The van der Waals surface area contributed by atoms with Crippen molar-refractivity contribution in [1.29, 1.82) is 5.41 Å². The number of ketones is 2. The molecule has 9 heterocycles. The normalized spacial score (nSPS) is 21.2. The number of aromatic nitrogens is 4. The summed E-state index contributed by atoms with van der Waals surface area (Å²) in [4.78, 5) is 119. The Balaban J connectivity index is 0.000000128. The second kappa shape index (κ2) is 40.8. The first-order valence-corrected chi connectivity index (χ1v) is 47.8. The zero-order valence-electron chi connectivity index (χ0n) is 80.1. The van der Waals surface area contributed by atoms with E-state index in [0.717, 1.165) is 149 Å². The predicted octanol–water partition coefficient (Wildman–Crippen LogP) is 12.1. The van der Waals surface area contributed by atoms with Crippen LogP contribution in [0.1, 0.15) is 164 Å². The third-order valence-electron chi connectivity index (χ3n) is 27.3. The molecule has 139 heavy (non-hydrogen) atoms. The molecule has 7 aliphatic heterocycles. The van der Waals surface area contributed by atoms with Gasteiger partial charge < -0.3 is 43.0 Å². The summed E-state index contributed by atoms with van der Waals surface area (Å²) in [6.45, 7) is 13.2. The molecule has 31 nitrogen and oxygen atoms in total. The van der Waals surface area contributed by atoms with Gasteiger partial charge in [0, 0.05) is 84.8 Å². The van der Waals surface area contributed by atoms with Crippen LogP contribution in [-0.2, 0) is 42.6 Å². The van der Waals surface area contributed by atoms with E-state index >= 15 is 0 Å². The number of benzene rings is 7. The van der Waals surface area contributed by atoms with Crippen LogP contribution in [-0.4, -0.2) is 210 Å². The number of aliphatic imine (C=N–C) groups is 5. The molecule has 10 N–H and O–H groups in total. The Morgan fingerprint density at radius 3 is 1.54 bits per heavy atom. The Kier molecular flexibility index (Phi) is 28.2. The highest BCUT2D eigenvalue weighted by atomic mass is 19.3. The number of nitrogens with one attached hydrogen (secondary N) is 6. The van der Waals surface area contributed by atoms with Crippen molar-refractivity contribution in [3.05, 3.63) is 289 Å². The van der Waals surface area contributed by atoms with Crippen molar-refractivity contribution in [3.8, 4) is 0 Å². The number of amides is 3. The minimum atomic E-state index is -3.69. The van der Waals surface area contributed by atoms with Crippen molar-refractivity contribution >= 4 is 105 Å². The lowest BCUT2D eigenvalue weighted by Crippen LogP contribution is -2.59. The summed E-state index contributed by atoms with van der Waals surface area (Å²) in [5.74, 6) is -1.24.